The van der Waals surface area contributed by atoms with Crippen LogP contribution in [0.2, 0.25) is 0 Å². The topological polar surface area (TPSA) is 104 Å². The molecule has 0 saturated heterocycles. The fraction of sp³-hybridized carbons (Fsp3) is 0.739. The summed E-state index contributed by atoms with van der Waals surface area (Å²) in [5, 5.41) is 0. The smallest absolute Gasteiger partial charge is 0.323 e. The van der Waals surface area contributed by atoms with Crippen molar-refractivity contribution < 1.29 is 22.8 Å². The van der Waals surface area contributed by atoms with Gasteiger partial charge in [0.1, 0.15) is 5.78 Å². The minimum Gasteiger partial charge on any atom is -0.323 e. The van der Waals surface area contributed by atoms with E-state index in [1.165, 1.54) is 76.3 Å². The fourth-order valence-corrected chi connectivity index (χ4v) is 6.45. The van der Waals surface area contributed by atoms with E-state index in [0.29, 0.717) is 6.42 Å². The molecule has 1 unspecified atom stereocenters. The number of benzene rings is 1. The van der Waals surface area contributed by atoms with Gasteiger partial charge in [-0.05, 0) is 12.0 Å². The van der Waals surface area contributed by atoms with Crippen LogP contribution in [0.15, 0.2) is 30.3 Å². The van der Waals surface area contributed by atoms with E-state index in [1.807, 2.05) is 0 Å². The molecule has 0 aromatic heterocycles. The van der Waals surface area contributed by atoms with Gasteiger partial charge in [0.25, 0.3) is 0 Å². The Morgan fingerprint density at radius 1 is 0.774 bits per heavy atom. The molecule has 1 atom stereocenters. The Labute approximate surface area is 189 Å². The zero-order valence-electron chi connectivity index (χ0n) is 19.0. The molecule has 180 valence electrons. The first kappa shape index (κ1) is 28.3. The largest absolute Gasteiger partial charge is 0.347 e. The van der Waals surface area contributed by atoms with Gasteiger partial charge in [-0.3, -0.25) is 4.57 Å². The molecule has 0 aliphatic carbocycles. The number of rotatable bonds is 19. The molecule has 0 saturated carbocycles. The molecular weight excluding hydrogens is 433 g/mol. The summed E-state index contributed by atoms with van der Waals surface area (Å²) < 4.78 is 38.6. The van der Waals surface area contributed by atoms with Crippen molar-refractivity contribution in [1.29, 1.82) is 0 Å². The van der Waals surface area contributed by atoms with Gasteiger partial charge in [0.15, 0.2) is 0 Å². The molecule has 1 aromatic carbocycles. The number of hydrogen-bond acceptors (Lipinski definition) is 3. The fourth-order valence-electron chi connectivity index (χ4n) is 3.68. The number of unbranched alkanes of at least 4 members (excludes halogenated alkanes) is 13. The first-order valence-corrected chi connectivity index (χ1v) is 15.2. The minimum atomic E-state index is -4.66. The summed E-state index contributed by atoms with van der Waals surface area (Å²) >= 11 is 0. The molecule has 0 aliphatic rings. The lowest BCUT2D eigenvalue weighted by molar-refractivity contribution is 0.355. The monoisotopic (exact) mass is 475 g/mol. The molecule has 0 spiro atoms. The summed E-state index contributed by atoms with van der Waals surface area (Å²) in [5.74, 6) is -1.65. The molecule has 0 amide bonds. The van der Waals surface area contributed by atoms with Gasteiger partial charge in [0, 0.05) is 0 Å². The van der Waals surface area contributed by atoms with Crippen molar-refractivity contribution in [2.45, 2.75) is 103 Å². The van der Waals surface area contributed by atoms with Crippen LogP contribution in [-0.2, 0) is 14.6 Å². The molecule has 1 aromatic rings. The van der Waals surface area contributed by atoms with E-state index in [9.17, 15) is 22.8 Å². The lowest BCUT2D eigenvalue weighted by Crippen LogP contribution is -2.30. The van der Waals surface area contributed by atoms with E-state index in [4.69, 9.17) is 0 Å². The molecule has 6 nitrogen and oxygen atoms in total. The standard InChI is InChI=1S/C23H42NO5PS/c1-2-3-4-5-6-7-8-9-10-11-12-13-14-18-21-31(28,29)24-23(30(25,26)27)22-19-16-15-17-20-22/h15-17,19-20,23-24H,2-14,18,21H2,1H3,(H2,25,26,27). The van der Waals surface area contributed by atoms with Gasteiger partial charge in [-0.2, -0.15) is 4.72 Å². The zero-order valence-corrected chi connectivity index (χ0v) is 20.8. The minimum absolute atomic E-state index is 0.117. The van der Waals surface area contributed by atoms with Gasteiger partial charge in [-0.1, -0.05) is 121 Å². The van der Waals surface area contributed by atoms with Gasteiger partial charge in [0.05, 0.1) is 5.75 Å². The van der Waals surface area contributed by atoms with E-state index in [0.717, 1.165) is 19.3 Å². The Morgan fingerprint density at radius 2 is 1.19 bits per heavy atom. The summed E-state index contributed by atoms with van der Waals surface area (Å²) in [4.78, 5) is 19.1. The second-order valence-corrected chi connectivity index (χ2v) is 12.0. The number of nitrogens with one attached hydrogen (secondary N) is 1. The molecule has 1 rings (SSSR count). The average molecular weight is 476 g/mol. The van der Waals surface area contributed by atoms with Crippen molar-refractivity contribution in [2.24, 2.45) is 0 Å². The SMILES string of the molecule is CCCCCCCCCCCCCCCCS(=O)(=O)NC(c1ccccc1)P(=O)(O)O. The predicted molar refractivity (Wildman–Crippen MR) is 128 cm³/mol. The summed E-state index contributed by atoms with van der Waals surface area (Å²) in [6.45, 7) is 2.24. The second-order valence-electron chi connectivity index (χ2n) is 8.44. The second kappa shape index (κ2) is 16.0. The molecule has 3 N–H and O–H groups in total. The van der Waals surface area contributed by atoms with Crippen LogP contribution in [0.1, 0.15) is 108 Å². The summed E-state index contributed by atoms with van der Waals surface area (Å²) in [6, 6.07) is 7.99. The normalized spacial score (nSPS) is 13.4. The van der Waals surface area contributed by atoms with E-state index in [1.54, 1.807) is 18.2 Å². The lowest BCUT2D eigenvalue weighted by atomic mass is 10.0. The molecule has 0 bridgehead atoms. The maximum Gasteiger partial charge on any atom is 0.347 e. The molecule has 8 heteroatoms. The highest BCUT2D eigenvalue weighted by atomic mass is 32.2. The van der Waals surface area contributed by atoms with Gasteiger partial charge in [0.2, 0.25) is 10.0 Å². The van der Waals surface area contributed by atoms with Crippen LogP contribution in [-0.4, -0.2) is 24.0 Å². The first-order valence-electron chi connectivity index (χ1n) is 11.9. The van der Waals surface area contributed by atoms with Crippen molar-refractivity contribution in [3.63, 3.8) is 0 Å². The molecule has 0 heterocycles. The first-order chi connectivity index (χ1) is 14.8. The zero-order chi connectivity index (χ0) is 23.0. The molecule has 0 radical (unpaired) electrons. The van der Waals surface area contributed by atoms with Gasteiger partial charge in [-0.25, -0.2) is 8.42 Å². The van der Waals surface area contributed by atoms with E-state index < -0.39 is 23.4 Å². The van der Waals surface area contributed by atoms with Crippen molar-refractivity contribution in [1.82, 2.24) is 4.72 Å². The Balaban J connectivity index is 2.15. The predicted octanol–water partition coefficient (Wildman–Crippen LogP) is 6.26. The van der Waals surface area contributed by atoms with E-state index in [2.05, 4.69) is 11.6 Å². The van der Waals surface area contributed by atoms with Gasteiger partial charge >= 0.3 is 7.60 Å². The van der Waals surface area contributed by atoms with Crippen molar-refractivity contribution in [3.8, 4) is 0 Å². The lowest BCUT2D eigenvalue weighted by Gasteiger charge is -2.20. The average Bonchev–Trinajstić information content (AvgIpc) is 2.72. The van der Waals surface area contributed by atoms with E-state index in [-0.39, 0.29) is 11.3 Å². The maximum atomic E-state index is 12.3. The van der Waals surface area contributed by atoms with Crippen LogP contribution in [0, 0.1) is 0 Å². The van der Waals surface area contributed by atoms with Gasteiger partial charge in [-0.15, -0.1) is 0 Å². The molecular formula is C23H42NO5PS. The van der Waals surface area contributed by atoms with Crippen LogP contribution in [0.5, 0.6) is 0 Å². The number of sulfonamides is 1. The summed E-state index contributed by atoms with van der Waals surface area (Å²) in [5.41, 5.74) is 0.264. The highest BCUT2D eigenvalue weighted by molar-refractivity contribution is 7.89. The van der Waals surface area contributed by atoms with E-state index >= 15 is 0 Å². The van der Waals surface area contributed by atoms with Crippen molar-refractivity contribution in [2.75, 3.05) is 5.75 Å². The Morgan fingerprint density at radius 3 is 1.61 bits per heavy atom. The Bertz CT molecular complexity index is 721. The number of hydrogen-bond donors (Lipinski definition) is 3. The van der Waals surface area contributed by atoms with Gasteiger partial charge < -0.3 is 9.79 Å². The summed E-state index contributed by atoms with van der Waals surface area (Å²) in [6.07, 6.45) is 16.5. The Hall–Kier alpha value is -0.720. The molecule has 0 aliphatic heterocycles. The van der Waals surface area contributed by atoms with Crippen molar-refractivity contribution >= 4 is 17.6 Å². The maximum absolute atomic E-state index is 12.3. The van der Waals surface area contributed by atoms with Crippen LogP contribution in [0.4, 0.5) is 0 Å². The molecule has 31 heavy (non-hydrogen) atoms. The van der Waals surface area contributed by atoms with Crippen LogP contribution < -0.4 is 4.72 Å². The third-order valence-corrected chi connectivity index (χ3v) is 8.21. The van der Waals surface area contributed by atoms with Crippen molar-refractivity contribution in [3.05, 3.63) is 35.9 Å². The molecule has 0 fully saturated rings. The van der Waals surface area contributed by atoms with Crippen LogP contribution in [0.25, 0.3) is 0 Å². The third kappa shape index (κ3) is 14.1. The summed E-state index contributed by atoms with van der Waals surface area (Å²) in [7, 11) is -8.43. The van der Waals surface area contributed by atoms with Crippen LogP contribution >= 0.6 is 7.60 Å². The van der Waals surface area contributed by atoms with Crippen LogP contribution in [0.3, 0.4) is 0 Å². The quantitative estimate of drug-likeness (QED) is 0.162. The highest BCUT2D eigenvalue weighted by Crippen LogP contribution is 2.50. The third-order valence-electron chi connectivity index (χ3n) is 5.51. The highest BCUT2D eigenvalue weighted by Gasteiger charge is 2.33. The Kier molecular flexibility index (Phi) is 14.6.